The van der Waals surface area contributed by atoms with E-state index in [2.05, 4.69) is 6.92 Å². The Morgan fingerprint density at radius 2 is 2.00 bits per heavy atom. The molecule has 2 heteroatoms. The standard InChI is InChI=1S/C12H18O2/c1-3-4-5-8-12(14)9-6-7-11(2)10-13/h5,7-8,10H,3-4,6,9H2,1-2H3. The Hall–Kier alpha value is -1.18. The maximum Gasteiger partial charge on any atom is 0.155 e. The van der Waals surface area contributed by atoms with E-state index in [1.54, 1.807) is 19.1 Å². The van der Waals surface area contributed by atoms with Gasteiger partial charge in [-0.1, -0.05) is 25.5 Å². The number of carbonyl (C=O) groups is 2. The first-order chi connectivity index (χ1) is 6.70. The topological polar surface area (TPSA) is 34.1 Å². The number of ketones is 1. The van der Waals surface area contributed by atoms with E-state index in [-0.39, 0.29) is 5.78 Å². The second-order valence-electron chi connectivity index (χ2n) is 3.26. The third kappa shape index (κ3) is 7.47. The van der Waals surface area contributed by atoms with Crippen LogP contribution in [0.3, 0.4) is 0 Å². The predicted octanol–water partition coefficient (Wildman–Crippen LogP) is 2.84. The fraction of sp³-hybridized carbons (Fsp3) is 0.500. The zero-order chi connectivity index (χ0) is 10.8. The van der Waals surface area contributed by atoms with Crippen LogP contribution < -0.4 is 0 Å². The van der Waals surface area contributed by atoms with Crippen LogP contribution in [0.2, 0.25) is 0 Å². The van der Waals surface area contributed by atoms with Crippen molar-refractivity contribution in [1.29, 1.82) is 0 Å². The van der Waals surface area contributed by atoms with Crippen molar-refractivity contribution in [3.05, 3.63) is 23.8 Å². The number of aldehydes is 1. The molecule has 0 aliphatic heterocycles. The summed E-state index contributed by atoms with van der Waals surface area (Å²) in [6.07, 6.45) is 9.29. The molecule has 78 valence electrons. The summed E-state index contributed by atoms with van der Waals surface area (Å²) in [5.41, 5.74) is 0.690. The van der Waals surface area contributed by atoms with E-state index in [1.807, 2.05) is 6.08 Å². The Kier molecular flexibility index (Phi) is 7.71. The summed E-state index contributed by atoms with van der Waals surface area (Å²) in [5.74, 6) is 0.133. The molecule has 2 nitrogen and oxygen atoms in total. The molecule has 0 spiro atoms. The van der Waals surface area contributed by atoms with Gasteiger partial charge in [-0.15, -0.1) is 0 Å². The van der Waals surface area contributed by atoms with E-state index in [4.69, 9.17) is 0 Å². The van der Waals surface area contributed by atoms with Crippen LogP contribution in [0.15, 0.2) is 23.8 Å². The van der Waals surface area contributed by atoms with Gasteiger partial charge in [-0.25, -0.2) is 0 Å². The van der Waals surface area contributed by atoms with E-state index >= 15 is 0 Å². The van der Waals surface area contributed by atoms with Gasteiger partial charge in [-0.05, 0) is 31.4 Å². The van der Waals surface area contributed by atoms with Crippen LogP contribution >= 0.6 is 0 Å². The molecule has 0 N–H and O–H groups in total. The van der Waals surface area contributed by atoms with Crippen LogP contribution in [0.1, 0.15) is 39.5 Å². The van der Waals surface area contributed by atoms with Crippen molar-refractivity contribution in [2.45, 2.75) is 39.5 Å². The third-order valence-corrected chi connectivity index (χ3v) is 1.80. The van der Waals surface area contributed by atoms with Crippen LogP contribution in [0.4, 0.5) is 0 Å². The summed E-state index contributed by atoms with van der Waals surface area (Å²) in [4.78, 5) is 21.4. The van der Waals surface area contributed by atoms with Crippen LogP contribution in [0.25, 0.3) is 0 Å². The lowest BCUT2D eigenvalue weighted by molar-refractivity contribution is -0.114. The van der Waals surface area contributed by atoms with Gasteiger partial charge in [0, 0.05) is 6.42 Å². The molecule has 0 fully saturated rings. The molecule has 0 aromatic rings. The Morgan fingerprint density at radius 3 is 2.57 bits per heavy atom. The average molecular weight is 194 g/mol. The van der Waals surface area contributed by atoms with Crippen molar-refractivity contribution >= 4 is 12.1 Å². The van der Waals surface area contributed by atoms with Crippen LogP contribution in [0, 0.1) is 0 Å². The van der Waals surface area contributed by atoms with Gasteiger partial charge in [0.15, 0.2) is 5.78 Å². The molecule has 0 aliphatic carbocycles. The number of allylic oxidation sites excluding steroid dienone is 4. The first-order valence-electron chi connectivity index (χ1n) is 5.02. The summed E-state index contributed by atoms with van der Waals surface area (Å²) in [6, 6.07) is 0. The predicted molar refractivity (Wildman–Crippen MR) is 58.1 cm³/mol. The first kappa shape index (κ1) is 12.8. The van der Waals surface area contributed by atoms with Crippen molar-refractivity contribution in [2.24, 2.45) is 0 Å². The van der Waals surface area contributed by atoms with Gasteiger partial charge in [0.05, 0.1) is 0 Å². The highest BCUT2D eigenvalue weighted by Crippen LogP contribution is 1.99. The SMILES string of the molecule is CCCC=CC(=O)CCC=C(C)C=O. The number of hydrogen-bond acceptors (Lipinski definition) is 2. The molecule has 0 saturated carbocycles. The van der Waals surface area contributed by atoms with Crippen molar-refractivity contribution in [2.75, 3.05) is 0 Å². The molecule has 0 unspecified atom stereocenters. The zero-order valence-corrected chi connectivity index (χ0v) is 8.95. The monoisotopic (exact) mass is 194 g/mol. The Bertz CT molecular complexity index is 237. The normalized spacial score (nSPS) is 12.0. The molecular formula is C12H18O2. The third-order valence-electron chi connectivity index (χ3n) is 1.80. The molecule has 14 heavy (non-hydrogen) atoms. The molecule has 0 radical (unpaired) electrons. The van der Waals surface area contributed by atoms with Crippen molar-refractivity contribution in [3.63, 3.8) is 0 Å². The summed E-state index contributed by atoms with van der Waals surface area (Å²) in [6.45, 7) is 3.81. The van der Waals surface area contributed by atoms with Crippen LogP contribution in [-0.4, -0.2) is 12.1 Å². The molecule has 0 bridgehead atoms. The minimum Gasteiger partial charge on any atom is -0.298 e. The van der Waals surface area contributed by atoms with Gasteiger partial charge in [-0.3, -0.25) is 9.59 Å². The van der Waals surface area contributed by atoms with Gasteiger partial charge < -0.3 is 0 Å². The van der Waals surface area contributed by atoms with E-state index in [1.165, 1.54) is 0 Å². The lowest BCUT2D eigenvalue weighted by Crippen LogP contribution is -1.91. The molecule has 0 aromatic heterocycles. The summed E-state index contributed by atoms with van der Waals surface area (Å²) >= 11 is 0. The molecule has 0 amide bonds. The van der Waals surface area contributed by atoms with Gasteiger partial charge >= 0.3 is 0 Å². The van der Waals surface area contributed by atoms with E-state index in [0.29, 0.717) is 18.4 Å². The second kappa shape index (κ2) is 8.42. The number of unbranched alkanes of at least 4 members (excludes halogenated alkanes) is 1. The highest BCUT2D eigenvalue weighted by molar-refractivity contribution is 5.89. The van der Waals surface area contributed by atoms with Gasteiger partial charge in [0.1, 0.15) is 6.29 Å². The number of rotatable bonds is 7. The van der Waals surface area contributed by atoms with Crippen molar-refractivity contribution in [1.82, 2.24) is 0 Å². The minimum atomic E-state index is 0.133. The van der Waals surface area contributed by atoms with E-state index < -0.39 is 0 Å². The van der Waals surface area contributed by atoms with E-state index in [0.717, 1.165) is 19.1 Å². The second-order valence-corrected chi connectivity index (χ2v) is 3.26. The molecule has 0 aliphatic rings. The fourth-order valence-corrected chi connectivity index (χ4v) is 0.955. The zero-order valence-electron chi connectivity index (χ0n) is 8.95. The summed E-state index contributed by atoms with van der Waals surface area (Å²) in [7, 11) is 0. The summed E-state index contributed by atoms with van der Waals surface area (Å²) in [5, 5.41) is 0. The Morgan fingerprint density at radius 1 is 1.29 bits per heavy atom. The summed E-state index contributed by atoms with van der Waals surface area (Å²) < 4.78 is 0. The highest BCUT2D eigenvalue weighted by atomic mass is 16.1. The Balaban J connectivity index is 3.69. The molecule has 0 heterocycles. The molecule has 0 rings (SSSR count). The van der Waals surface area contributed by atoms with Crippen LogP contribution in [-0.2, 0) is 9.59 Å². The smallest absolute Gasteiger partial charge is 0.155 e. The maximum atomic E-state index is 11.2. The first-order valence-corrected chi connectivity index (χ1v) is 5.02. The lowest BCUT2D eigenvalue weighted by atomic mass is 10.1. The average Bonchev–Trinajstić information content (AvgIpc) is 2.18. The highest BCUT2D eigenvalue weighted by Gasteiger charge is 1.94. The molecule has 0 aromatic carbocycles. The number of carbonyl (C=O) groups excluding carboxylic acids is 2. The van der Waals surface area contributed by atoms with Gasteiger partial charge in [-0.2, -0.15) is 0 Å². The molecular weight excluding hydrogens is 176 g/mol. The molecule has 0 saturated heterocycles. The van der Waals surface area contributed by atoms with Gasteiger partial charge in [0.2, 0.25) is 0 Å². The Labute approximate surface area is 85.7 Å². The largest absolute Gasteiger partial charge is 0.298 e. The molecule has 0 atom stereocenters. The minimum absolute atomic E-state index is 0.133. The van der Waals surface area contributed by atoms with E-state index in [9.17, 15) is 9.59 Å². The quantitative estimate of drug-likeness (QED) is 0.461. The lowest BCUT2D eigenvalue weighted by Gasteiger charge is -1.91. The maximum absolute atomic E-state index is 11.2. The van der Waals surface area contributed by atoms with Gasteiger partial charge in [0.25, 0.3) is 0 Å². The van der Waals surface area contributed by atoms with Crippen molar-refractivity contribution in [3.8, 4) is 0 Å². The van der Waals surface area contributed by atoms with Crippen LogP contribution in [0.5, 0.6) is 0 Å². The number of hydrogen-bond donors (Lipinski definition) is 0. The van der Waals surface area contributed by atoms with Crippen molar-refractivity contribution < 1.29 is 9.59 Å². The fourth-order valence-electron chi connectivity index (χ4n) is 0.955.